The Morgan fingerprint density at radius 2 is 1.80 bits per heavy atom. The Kier molecular flexibility index (Phi) is 14.0. The number of likely N-dealkylation sites (tertiary alicyclic amines) is 2. The van der Waals surface area contributed by atoms with Gasteiger partial charge in [0.2, 0.25) is 11.8 Å². The Morgan fingerprint density at radius 1 is 1.00 bits per heavy atom. The van der Waals surface area contributed by atoms with E-state index in [2.05, 4.69) is 47.7 Å². The number of alkyl halides is 3. The van der Waals surface area contributed by atoms with Crippen LogP contribution in [0.5, 0.6) is 0 Å². The molecule has 69 heavy (non-hydrogen) atoms. The van der Waals surface area contributed by atoms with Crippen molar-refractivity contribution in [1.29, 1.82) is 5.41 Å². The quantitative estimate of drug-likeness (QED) is 0.0739. The third-order valence-electron chi connectivity index (χ3n) is 14.4. The summed E-state index contributed by atoms with van der Waals surface area (Å²) in [7, 11) is 0. The lowest BCUT2D eigenvalue weighted by Crippen LogP contribution is -2.47. The number of carbonyl (C=O) groups excluding carboxylic acids is 3. The van der Waals surface area contributed by atoms with Crippen molar-refractivity contribution in [3.8, 4) is 11.8 Å². The first-order valence-electron chi connectivity index (χ1n) is 24.3. The molecule has 366 valence electrons. The fraction of sp³-hybridized carbons (Fsp3) is 0.571. The Labute approximate surface area is 397 Å². The van der Waals surface area contributed by atoms with Crippen molar-refractivity contribution < 1.29 is 41.8 Å². The minimum Gasteiger partial charge on any atom is -0.376 e. The molecule has 2 aromatic heterocycles. The van der Waals surface area contributed by atoms with E-state index in [1.807, 2.05) is 22.9 Å². The average Bonchev–Trinajstić information content (AvgIpc) is 3.98. The largest absolute Gasteiger partial charge is 0.376 e. The number of amidine groups is 1. The summed E-state index contributed by atoms with van der Waals surface area (Å²) in [4.78, 5) is 47.0. The van der Waals surface area contributed by atoms with Crippen LogP contribution in [0.15, 0.2) is 53.1 Å². The molecule has 3 aromatic rings. The van der Waals surface area contributed by atoms with Gasteiger partial charge in [-0.1, -0.05) is 24.0 Å². The molecule has 7 heterocycles. The first-order chi connectivity index (χ1) is 33.6. The SMILES string of the molecule is N=C/C(C(=O)Nc1cn([C@H]2CC[C@H](CN3CC[C@H](OCC#Cc4cccc5c(C6CCC(=O)NC6=O)nn(C6CC6)c45)[C@H](F)C3)CC2)nc1C(F)F)=C1/N=C(N2CCC(OC3COC3)CC2)C=CN1. The van der Waals surface area contributed by atoms with E-state index in [1.165, 1.54) is 10.9 Å². The van der Waals surface area contributed by atoms with Gasteiger partial charge in [-0.05, 0) is 82.3 Å². The first-order valence-corrected chi connectivity index (χ1v) is 24.3. The smallest absolute Gasteiger partial charge is 0.284 e. The first kappa shape index (κ1) is 46.8. The second kappa shape index (κ2) is 20.6. The van der Waals surface area contributed by atoms with Crippen LogP contribution in [0.4, 0.5) is 18.9 Å². The van der Waals surface area contributed by atoms with Crippen LogP contribution in [0.2, 0.25) is 0 Å². The molecular weight excluding hydrogens is 896 g/mol. The minimum absolute atomic E-state index is 0.0640. The maximum atomic E-state index is 15.6. The summed E-state index contributed by atoms with van der Waals surface area (Å²) < 4.78 is 65.1. The molecule has 4 N–H and O–H groups in total. The highest BCUT2D eigenvalue weighted by molar-refractivity contribution is 6.18. The van der Waals surface area contributed by atoms with Gasteiger partial charge in [0.25, 0.3) is 12.3 Å². The molecule has 1 unspecified atom stereocenters. The molecule has 0 radical (unpaired) electrons. The van der Waals surface area contributed by atoms with Crippen LogP contribution in [0, 0.1) is 23.2 Å². The second-order valence-corrected chi connectivity index (χ2v) is 19.2. The van der Waals surface area contributed by atoms with Gasteiger partial charge in [0, 0.05) is 63.1 Å². The second-order valence-electron chi connectivity index (χ2n) is 19.2. The number of nitrogens with zero attached hydrogens (tertiary/aromatic N) is 7. The van der Waals surface area contributed by atoms with Crippen LogP contribution >= 0.6 is 0 Å². The molecular formula is C49H58F3N11O6. The monoisotopic (exact) mass is 953 g/mol. The lowest BCUT2D eigenvalue weighted by atomic mass is 9.85. The number of nitrogens with one attached hydrogen (secondary N) is 4. The summed E-state index contributed by atoms with van der Waals surface area (Å²) in [6.07, 6.45) is 9.18. The number of anilines is 1. The van der Waals surface area contributed by atoms with Crippen LogP contribution in [-0.4, -0.2) is 136 Å². The number of fused-ring (bicyclic) bond motifs is 1. The number of hydrogen-bond donors (Lipinski definition) is 4. The summed E-state index contributed by atoms with van der Waals surface area (Å²) in [6, 6.07) is 5.84. The van der Waals surface area contributed by atoms with Gasteiger partial charge >= 0.3 is 0 Å². The van der Waals surface area contributed by atoms with Gasteiger partial charge in [0.15, 0.2) is 5.69 Å². The number of aromatic nitrogens is 4. The predicted molar refractivity (Wildman–Crippen MR) is 248 cm³/mol. The third-order valence-corrected chi connectivity index (χ3v) is 14.4. The summed E-state index contributed by atoms with van der Waals surface area (Å²) in [6.45, 7) is 4.38. The Balaban J connectivity index is 0.697. The topological polar surface area (TPSA) is 193 Å². The number of aliphatic imine (C=N–C) groups is 1. The van der Waals surface area contributed by atoms with E-state index in [4.69, 9.17) is 24.7 Å². The molecule has 0 spiro atoms. The number of ether oxygens (including phenoxy) is 3. The number of para-hydroxylation sites is 1. The molecule has 10 rings (SSSR count). The standard InChI is InChI=1S/C49H58F3N11O6/c50-38-25-60(19-17-40(38)68-22-2-4-30-3-1-5-35-43(36-12-13-42(64)57-48(36)65)59-63(45(30)35)32-10-11-32)24-29-6-8-31(9-7-29)62-26-39(44(58-62)46(51)52)55-49(66)37(23-53)47-54-18-14-41(56-47)61-20-15-33(16-21-61)69-34-27-67-28-34/h1,3,5,14,18,23,26,29,31-34,36,38,40,46,53-54H,6-13,15-17,19-22,24-25,27-28H2,(H,55,66)(H,57,64,65)/b47-37-,53-23?/t29-,31-,36?,38-,40+/m1/s1. The fourth-order valence-corrected chi connectivity index (χ4v) is 10.4. The normalized spacial score (nSPS) is 26.8. The van der Waals surface area contributed by atoms with Crippen molar-refractivity contribution >= 4 is 46.4 Å². The van der Waals surface area contributed by atoms with Crippen LogP contribution in [0.25, 0.3) is 10.9 Å². The maximum absolute atomic E-state index is 15.6. The highest BCUT2D eigenvalue weighted by Gasteiger charge is 2.37. The van der Waals surface area contributed by atoms with Gasteiger partial charge in [-0.3, -0.25) is 34.0 Å². The summed E-state index contributed by atoms with van der Waals surface area (Å²) >= 11 is 0. The van der Waals surface area contributed by atoms with E-state index in [0.717, 1.165) is 67.8 Å². The molecule has 2 aliphatic carbocycles. The molecule has 5 aliphatic heterocycles. The highest BCUT2D eigenvalue weighted by Crippen LogP contribution is 2.41. The van der Waals surface area contributed by atoms with Crippen LogP contribution in [0.1, 0.15) is 112 Å². The average molecular weight is 954 g/mol. The van der Waals surface area contributed by atoms with Crippen LogP contribution in [-0.2, 0) is 28.6 Å². The predicted octanol–water partition coefficient (Wildman–Crippen LogP) is 5.43. The number of halogens is 3. The third kappa shape index (κ3) is 10.5. The van der Waals surface area contributed by atoms with Crippen molar-refractivity contribution in [2.24, 2.45) is 10.9 Å². The molecule has 3 atom stereocenters. The molecule has 3 amide bonds. The van der Waals surface area contributed by atoms with Crippen LogP contribution in [0.3, 0.4) is 0 Å². The molecule has 2 saturated carbocycles. The molecule has 6 fully saturated rings. The van der Waals surface area contributed by atoms with E-state index < -0.39 is 36.2 Å². The van der Waals surface area contributed by atoms with Crippen LogP contribution < -0.4 is 16.0 Å². The molecule has 1 aromatic carbocycles. The summed E-state index contributed by atoms with van der Waals surface area (Å²) in [5, 5.41) is 26.0. The van der Waals surface area contributed by atoms with E-state index in [0.29, 0.717) is 76.0 Å². The van der Waals surface area contributed by atoms with Gasteiger partial charge in [0.05, 0.1) is 71.5 Å². The molecule has 0 bridgehead atoms. The van der Waals surface area contributed by atoms with Gasteiger partial charge in [-0.15, -0.1) is 0 Å². The molecule has 4 saturated heterocycles. The summed E-state index contributed by atoms with van der Waals surface area (Å²) in [5.41, 5.74) is 1.53. The zero-order valence-electron chi connectivity index (χ0n) is 38.4. The number of benzene rings is 1. The van der Waals surface area contributed by atoms with E-state index in [1.54, 1.807) is 12.3 Å². The fourth-order valence-electron chi connectivity index (χ4n) is 10.4. The number of piperidine rings is 3. The Hall–Kier alpha value is -5.88. The van der Waals surface area contributed by atoms with Crippen molar-refractivity contribution in [1.82, 2.24) is 40.0 Å². The molecule has 20 heteroatoms. The van der Waals surface area contributed by atoms with Crippen molar-refractivity contribution in [3.63, 3.8) is 0 Å². The zero-order valence-corrected chi connectivity index (χ0v) is 38.4. The van der Waals surface area contributed by atoms with E-state index in [-0.39, 0.29) is 72.8 Å². The number of amides is 3. The van der Waals surface area contributed by atoms with Gasteiger partial charge in [-0.25, -0.2) is 18.2 Å². The number of hydrogen-bond acceptors (Lipinski definition) is 13. The molecule has 17 nitrogen and oxygen atoms in total. The lowest BCUT2D eigenvalue weighted by molar-refractivity contribution is -0.161. The zero-order chi connectivity index (χ0) is 47.6. The number of imide groups is 1. The van der Waals surface area contributed by atoms with Crippen molar-refractivity contribution in [2.45, 2.75) is 120 Å². The van der Waals surface area contributed by atoms with Crippen molar-refractivity contribution in [2.75, 3.05) is 57.9 Å². The Morgan fingerprint density at radius 3 is 2.51 bits per heavy atom. The minimum atomic E-state index is -2.94. The van der Waals surface area contributed by atoms with E-state index in [9.17, 15) is 23.2 Å². The number of carbonyl (C=O) groups is 3. The Bertz CT molecular complexity index is 2590. The highest BCUT2D eigenvalue weighted by atomic mass is 19.3. The van der Waals surface area contributed by atoms with Gasteiger partial charge in [0.1, 0.15) is 30.5 Å². The van der Waals surface area contributed by atoms with E-state index >= 15 is 4.39 Å². The lowest BCUT2D eigenvalue weighted by Gasteiger charge is -2.38. The van der Waals surface area contributed by atoms with Gasteiger partial charge in [-0.2, -0.15) is 10.2 Å². The number of rotatable bonds is 13. The summed E-state index contributed by atoms with van der Waals surface area (Å²) in [5.74, 6) is 5.54. The van der Waals surface area contributed by atoms with Crippen molar-refractivity contribution in [3.05, 3.63) is 65.0 Å². The van der Waals surface area contributed by atoms with Gasteiger partial charge < -0.3 is 35.2 Å². The molecule has 7 aliphatic rings. The maximum Gasteiger partial charge on any atom is 0.284 e.